The first-order valence-electron chi connectivity index (χ1n) is 4.53. The molecule has 0 spiro atoms. The molecular formula is C8H16N2O4. The van der Waals surface area contributed by atoms with Gasteiger partial charge in [0.2, 0.25) is 5.91 Å². The maximum atomic E-state index is 10.6. The SMILES string of the molecule is CC(=O)NC[C@@H]1N[C@@H](CO)[C@@H](O)[C@H]1O. The zero-order valence-corrected chi connectivity index (χ0v) is 7.97. The monoisotopic (exact) mass is 204 g/mol. The molecule has 1 saturated heterocycles. The number of hydrogen-bond acceptors (Lipinski definition) is 5. The van der Waals surface area contributed by atoms with E-state index in [0.29, 0.717) is 0 Å². The summed E-state index contributed by atoms with van der Waals surface area (Å²) in [5.74, 6) is -0.194. The number of aliphatic hydroxyl groups excluding tert-OH is 3. The summed E-state index contributed by atoms with van der Waals surface area (Å²) in [7, 11) is 0. The summed E-state index contributed by atoms with van der Waals surface area (Å²) in [5.41, 5.74) is 0. The Morgan fingerprint density at radius 3 is 2.36 bits per heavy atom. The Kier molecular flexibility index (Phi) is 3.82. The Morgan fingerprint density at radius 2 is 1.93 bits per heavy atom. The number of aliphatic hydroxyl groups is 3. The highest BCUT2D eigenvalue weighted by Crippen LogP contribution is 2.13. The van der Waals surface area contributed by atoms with E-state index in [1.165, 1.54) is 6.92 Å². The average molecular weight is 204 g/mol. The number of nitrogens with one attached hydrogen (secondary N) is 2. The molecule has 1 rings (SSSR count). The van der Waals surface area contributed by atoms with Crippen molar-refractivity contribution >= 4 is 5.91 Å². The third kappa shape index (κ3) is 2.42. The fraction of sp³-hybridized carbons (Fsp3) is 0.875. The van der Waals surface area contributed by atoms with E-state index in [1.54, 1.807) is 0 Å². The summed E-state index contributed by atoms with van der Waals surface area (Å²) in [6, 6.07) is -0.935. The molecule has 5 N–H and O–H groups in total. The van der Waals surface area contributed by atoms with Gasteiger partial charge in [0.25, 0.3) is 0 Å². The average Bonchev–Trinajstić information content (AvgIpc) is 2.41. The lowest BCUT2D eigenvalue weighted by Gasteiger charge is -2.15. The van der Waals surface area contributed by atoms with Crippen molar-refractivity contribution in [1.82, 2.24) is 10.6 Å². The van der Waals surface area contributed by atoms with Crippen LogP contribution in [0.3, 0.4) is 0 Å². The van der Waals surface area contributed by atoms with Crippen LogP contribution in [0.15, 0.2) is 0 Å². The minimum atomic E-state index is -0.987. The minimum absolute atomic E-state index is 0.194. The van der Waals surface area contributed by atoms with Gasteiger partial charge in [0.05, 0.1) is 30.9 Å². The lowest BCUT2D eigenvalue weighted by atomic mass is 10.1. The standard InChI is InChI=1S/C8H16N2O4/c1-4(12)9-2-5-7(13)8(14)6(3-11)10-5/h5-8,10-11,13-14H,2-3H2,1H3,(H,9,12)/t5-,6-,7-,8+/m0/s1. The Morgan fingerprint density at radius 1 is 1.36 bits per heavy atom. The first-order chi connectivity index (χ1) is 6.56. The predicted molar refractivity (Wildman–Crippen MR) is 48.5 cm³/mol. The molecule has 4 atom stereocenters. The molecule has 0 radical (unpaired) electrons. The Bertz CT molecular complexity index is 212. The van der Waals surface area contributed by atoms with E-state index in [0.717, 1.165) is 0 Å². The molecule has 1 fully saturated rings. The van der Waals surface area contributed by atoms with Crippen LogP contribution in [0.2, 0.25) is 0 Å². The summed E-state index contributed by atoms with van der Waals surface area (Å²) in [6.45, 7) is 1.38. The van der Waals surface area contributed by atoms with Crippen molar-refractivity contribution in [3.63, 3.8) is 0 Å². The third-order valence-corrected chi connectivity index (χ3v) is 2.37. The van der Waals surface area contributed by atoms with Gasteiger partial charge >= 0.3 is 0 Å². The molecule has 0 aromatic rings. The van der Waals surface area contributed by atoms with Crippen LogP contribution in [-0.2, 0) is 4.79 Å². The van der Waals surface area contributed by atoms with Crippen molar-refractivity contribution < 1.29 is 20.1 Å². The number of carbonyl (C=O) groups excluding carboxylic acids is 1. The Balaban J connectivity index is 2.44. The lowest BCUT2D eigenvalue weighted by Crippen LogP contribution is -2.43. The van der Waals surface area contributed by atoms with Gasteiger partial charge in [0.1, 0.15) is 0 Å². The highest BCUT2D eigenvalue weighted by atomic mass is 16.3. The maximum absolute atomic E-state index is 10.6. The Hall–Kier alpha value is -0.690. The predicted octanol–water partition coefficient (Wildman–Crippen LogP) is -2.82. The van der Waals surface area contributed by atoms with Crippen LogP contribution < -0.4 is 10.6 Å². The van der Waals surface area contributed by atoms with Gasteiger partial charge in [0, 0.05) is 13.5 Å². The van der Waals surface area contributed by atoms with Gasteiger partial charge in [0.15, 0.2) is 0 Å². The van der Waals surface area contributed by atoms with Crippen molar-refractivity contribution in [1.29, 1.82) is 0 Å². The van der Waals surface area contributed by atoms with Crippen LogP contribution in [0.4, 0.5) is 0 Å². The van der Waals surface area contributed by atoms with Crippen LogP contribution >= 0.6 is 0 Å². The summed E-state index contributed by atoms with van der Waals surface area (Å²) >= 11 is 0. The molecule has 1 amide bonds. The molecule has 6 nitrogen and oxygen atoms in total. The van der Waals surface area contributed by atoms with Crippen LogP contribution in [0.5, 0.6) is 0 Å². The van der Waals surface area contributed by atoms with Crippen molar-refractivity contribution in [3.8, 4) is 0 Å². The first kappa shape index (κ1) is 11.4. The number of carbonyl (C=O) groups is 1. The molecule has 6 heteroatoms. The summed E-state index contributed by atoms with van der Waals surface area (Å²) in [4.78, 5) is 10.6. The fourth-order valence-corrected chi connectivity index (χ4v) is 1.54. The van der Waals surface area contributed by atoms with E-state index >= 15 is 0 Å². The normalized spacial score (nSPS) is 37.1. The zero-order valence-electron chi connectivity index (χ0n) is 7.97. The molecule has 0 unspecified atom stereocenters. The van der Waals surface area contributed by atoms with E-state index in [-0.39, 0.29) is 19.1 Å². The molecule has 1 heterocycles. The summed E-state index contributed by atoms with van der Waals surface area (Å²) in [6.07, 6.45) is -1.95. The first-order valence-corrected chi connectivity index (χ1v) is 4.53. The molecule has 82 valence electrons. The molecule has 0 aromatic heterocycles. The molecule has 0 aliphatic carbocycles. The second-order valence-corrected chi connectivity index (χ2v) is 3.48. The van der Waals surface area contributed by atoms with Gasteiger partial charge in [-0.05, 0) is 0 Å². The van der Waals surface area contributed by atoms with Gasteiger partial charge in [-0.25, -0.2) is 0 Å². The molecule has 0 aromatic carbocycles. The quantitative estimate of drug-likeness (QED) is 0.341. The summed E-state index contributed by atoms with van der Waals surface area (Å²) in [5, 5.41) is 33.1. The van der Waals surface area contributed by atoms with Crippen molar-refractivity contribution in [2.24, 2.45) is 0 Å². The fourth-order valence-electron chi connectivity index (χ4n) is 1.54. The zero-order chi connectivity index (χ0) is 10.7. The smallest absolute Gasteiger partial charge is 0.216 e. The van der Waals surface area contributed by atoms with Gasteiger partial charge in [-0.1, -0.05) is 0 Å². The number of amides is 1. The van der Waals surface area contributed by atoms with E-state index < -0.39 is 24.3 Å². The second-order valence-electron chi connectivity index (χ2n) is 3.48. The molecule has 0 saturated carbocycles. The number of rotatable bonds is 3. The number of hydrogen-bond donors (Lipinski definition) is 5. The summed E-state index contributed by atoms with van der Waals surface area (Å²) < 4.78 is 0. The molecule has 0 bridgehead atoms. The lowest BCUT2D eigenvalue weighted by molar-refractivity contribution is -0.119. The van der Waals surface area contributed by atoms with Crippen LogP contribution in [-0.4, -0.2) is 58.7 Å². The van der Waals surface area contributed by atoms with Crippen molar-refractivity contribution in [3.05, 3.63) is 0 Å². The molecule has 1 aliphatic heterocycles. The second kappa shape index (κ2) is 4.70. The van der Waals surface area contributed by atoms with Crippen LogP contribution in [0.25, 0.3) is 0 Å². The van der Waals surface area contributed by atoms with Gasteiger partial charge in [-0.2, -0.15) is 0 Å². The molecule has 1 aliphatic rings. The van der Waals surface area contributed by atoms with E-state index in [1.807, 2.05) is 0 Å². The Labute approximate surface area is 81.9 Å². The molecular weight excluding hydrogens is 188 g/mol. The van der Waals surface area contributed by atoms with E-state index in [2.05, 4.69) is 10.6 Å². The van der Waals surface area contributed by atoms with E-state index in [9.17, 15) is 15.0 Å². The maximum Gasteiger partial charge on any atom is 0.216 e. The largest absolute Gasteiger partial charge is 0.395 e. The minimum Gasteiger partial charge on any atom is -0.395 e. The van der Waals surface area contributed by atoms with Gasteiger partial charge in [-0.15, -0.1) is 0 Å². The highest BCUT2D eigenvalue weighted by molar-refractivity contribution is 5.72. The van der Waals surface area contributed by atoms with Gasteiger partial charge in [-0.3, -0.25) is 4.79 Å². The highest BCUT2D eigenvalue weighted by Gasteiger charge is 2.40. The van der Waals surface area contributed by atoms with Crippen molar-refractivity contribution in [2.75, 3.05) is 13.2 Å². The third-order valence-electron chi connectivity index (χ3n) is 2.37. The van der Waals surface area contributed by atoms with Gasteiger partial charge < -0.3 is 26.0 Å². The topological polar surface area (TPSA) is 102 Å². The van der Waals surface area contributed by atoms with Crippen LogP contribution in [0.1, 0.15) is 6.92 Å². The van der Waals surface area contributed by atoms with Crippen LogP contribution in [0, 0.1) is 0 Å². The van der Waals surface area contributed by atoms with E-state index in [4.69, 9.17) is 5.11 Å². The van der Waals surface area contributed by atoms with Crippen molar-refractivity contribution in [2.45, 2.75) is 31.2 Å². The molecule has 14 heavy (non-hydrogen) atoms.